The number of ether oxygens (including phenoxy) is 1. The highest BCUT2D eigenvalue weighted by molar-refractivity contribution is 9.10. The number of carbonyl (C=O) groups excluding carboxylic acids is 1. The number of nitrogens with one attached hydrogen (secondary N) is 1. The number of hydrogen-bond acceptors (Lipinski definition) is 3. The molecule has 0 aliphatic carbocycles. The maximum atomic E-state index is 14.2. The van der Waals surface area contributed by atoms with Crippen LogP contribution in [-0.2, 0) is 13.0 Å². The highest BCUT2D eigenvalue weighted by Crippen LogP contribution is 2.49. The van der Waals surface area contributed by atoms with Crippen molar-refractivity contribution in [2.75, 3.05) is 19.0 Å². The summed E-state index contributed by atoms with van der Waals surface area (Å²) in [6.07, 6.45) is 0.774. The van der Waals surface area contributed by atoms with Gasteiger partial charge < -0.3 is 15.0 Å². The summed E-state index contributed by atoms with van der Waals surface area (Å²) in [5, 5.41) is 3.77. The molecule has 0 fully saturated rings. The highest BCUT2D eigenvalue weighted by Gasteiger charge is 2.43. The molecule has 158 valence electrons. The van der Waals surface area contributed by atoms with Gasteiger partial charge in [0.15, 0.2) is 0 Å². The maximum absolute atomic E-state index is 14.2. The second kappa shape index (κ2) is 7.84. The Morgan fingerprint density at radius 2 is 2.00 bits per heavy atom. The Morgan fingerprint density at radius 3 is 2.74 bits per heavy atom. The normalized spacial score (nSPS) is 16.8. The fourth-order valence-corrected chi connectivity index (χ4v) is 5.38. The predicted octanol–water partition coefficient (Wildman–Crippen LogP) is 5.96. The van der Waals surface area contributed by atoms with Crippen molar-refractivity contribution in [3.8, 4) is 5.75 Å². The fourth-order valence-electron chi connectivity index (χ4n) is 4.51. The molecule has 1 amide bonds. The lowest BCUT2D eigenvalue weighted by atomic mass is 9.94. The molecule has 0 bridgehead atoms. The molecule has 3 aromatic carbocycles. The van der Waals surface area contributed by atoms with Gasteiger partial charge in [0.2, 0.25) is 0 Å². The number of benzene rings is 3. The minimum absolute atomic E-state index is 0.0719. The van der Waals surface area contributed by atoms with Gasteiger partial charge in [-0.05, 0) is 53.9 Å². The minimum atomic E-state index is -0.493. The summed E-state index contributed by atoms with van der Waals surface area (Å²) in [4.78, 5) is 15.5. The second-order valence-corrected chi connectivity index (χ2v) is 8.96. The van der Waals surface area contributed by atoms with E-state index in [0.29, 0.717) is 22.7 Å². The van der Waals surface area contributed by atoms with E-state index in [2.05, 4.69) is 21.2 Å². The van der Waals surface area contributed by atoms with Gasteiger partial charge in [0.1, 0.15) is 11.6 Å². The van der Waals surface area contributed by atoms with E-state index >= 15 is 0 Å². The van der Waals surface area contributed by atoms with Crippen molar-refractivity contribution in [2.24, 2.45) is 0 Å². The molecule has 7 heteroatoms. The van der Waals surface area contributed by atoms with Crippen molar-refractivity contribution in [1.82, 2.24) is 4.90 Å². The Labute approximate surface area is 193 Å². The van der Waals surface area contributed by atoms with Gasteiger partial charge in [-0.25, -0.2) is 4.39 Å². The first kappa shape index (κ1) is 20.3. The summed E-state index contributed by atoms with van der Waals surface area (Å²) < 4.78 is 20.3. The lowest BCUT2D eigenvalue weighted by Gasteiger charge is -2.27. The van der Waals surface area contributed by atoms with Crippen LogP contribution >= 0.6 is 27.5 Å². The molecule has 2 aliphatic heterocycles. The van der Waals surface area contributed by atoms with E-state index in [1.54, 1.807) is 18.1 Å². The van der Waals surface area contributed by atoms with E-state index in [4.69, 9.17) is 16.3 Å². The quantitative estimate of drug-likeness (QED) is 0.479. The second-order valence-electron chi connectivity index (χ2n) is 7.70. The molecule has 1 unspecified atom stereocenters. The van der Waals surface area contributed by atoms with Crippen LogP contribution in [0.5, 0.6) is 5.75 Å². The molecule has 0 saturated carbocycles. The van der Waals surface area contributed by atoms with Crippen LogP contribution in [0.1, 0.15) is 38.7 Å². The molecular formula is C24H19BrClFN2O2. The number of hydrogen-bond donors (Lipinski definition) is 1. The molecule has 31 heavy (non-hydrogen) atoms. The Morgan fingerprint density at radius 1 is 1.23 bits per heavy atom. The smallest absolute Gasteiger partial charge is 0.255 e. The number of amides is 1. The number of halogens is 3. The lowest BCUT2D eigenvalue weighted by Crippen LogP contribution is -2.28. The van der Waals surface area contributed by atoms with Gasteiger partial charge in [-0.15, -0.1) is 0 Å². The van der Waals surface area contributed by atoms with E-state index in [-0.39, 0.29) is 11.7 Å². The van der Waals surface area contributed by atoms with Crippen molar-refractivity contribution >= 4 is 39.1 Å². The van der Waals surface area contributed by atoms with Crippen LogP contribution in [-0.4, -0.2) is 24.5 Å². The first-order valence-electron chi connectivity index (χ1n) is 9.96. The standard InChI is InChI=1S/C24H19BrClFN2O2/c1-31-15-5-2-13(3-6-15)12-29-23(17-10-14(27)4-7-19(17)26)22-18(25)11-20-16(8-9-28-20)21(22)24(29)30/h2-7,10-11,23,28H,8-9,12H2,1H3. The number of fused-ring (bicyclic) bond motifs is 3. The van der Waals surface area contributed by atoms with Crippen molar-refractivity contribution in [3.05, 3.63) is 91.7 Å². The first-order chi connectivity index (χ1) is 15.0. The lowest BCUT2D eigenvalue weighted by molar-refractivity contribution is 0.0735. The summed E-state index contributed by atoms with van der Waals surface area (Å²) in [5.74, 6) is 0.289. The van der Waals surface area contributed by atoms with Crippen LogP contribution in [0.15, 0.2) is 53.0 Å². The van der Waals surface area contributed by atoms with Crippen molar-refractivity contribution in [3.63, 3.8) is 0 Å². The third-order valence-electron chi connectivity index (χ3n) is 5.94. The van der Waals surface area contributed by atoms with E-state index in [0.717, 1.165) is 45.6 Å². The number of methoxy groups -OCH3 is 1. The summed E-state index contributed by atoms with van der Waals surface area (Å²) in [6, 6.07) is 13.4. The summed E-state index contributed by atoms with van der Waals surface area (Å²) in [5.41, 5.74) is 5.04. The molecule has 0 aromatic heterocycles. The maximum Gasteiger partial charge on any atom is 0.255 e. The van der Waals surface area contributed by atoms with E-state index < -0.39 is 6.04 Å². The zero-order valence-corrected chi connectivity index (χ0v) is 19.1. The van der Waals surface area contributed by atoms with Gasteiger partial charge in [-0.3, -0.25) is 4.79 Å². The Balaban J connectivity index is 1.67. The Kier molecular flexibility index (Phi) is 5.15. The van der Waals surface area contributed by atoms with E-state index in [9.17, 15) is 9.18 Å². The molecule has 3 aromatic rings. The molecule has 2 heterocycles. The van der Waals surface area contributed by atoms with Gasteiger partial charge in [0.25, 0.3) is 5.91 Å². The van der Waals surface area contributed by atoms with Crippen LogP contribution in [0.2, 0.25) is 5.02 Å². The van der Waals surface area contributed by atoms with Gasteiger partial charge in [-0.2, -0.15) is 0 Å². The molecular weight excluding hydrogens is 483 g/mol. The van der Waals surface area contributed by atoms with Crippen molar-refractivity contribution in [2.45, 2.75) is 19.0 Å². The number of anilines is 1. The minimum Gasteiger partial charge on any atom is -0.497 e. The Bertz CT molecular complexity index is 1200. The SMILES string of the molecule is COc1ccc(CN2C(=O)c3c4c(cc(Br)c3C2c2cc(F)ccc2Cl)NCC4)cc1. The Hall–Kier alpha value is -2.57. The van der Waals surface area contributed by atoms with Crippen molar-refractivity contribution < 1.29 is 13.9 Å². The topological polar surface area (TPSA) is 41.6 Å². The van der Waals surface area contributed by atoms with Crippen LogP contribution < -0.4 is 10.1 Å². The van der Waals surface area contributed by atoms with Gasteiger partial charge >= 0.3 is 0 Å². The van der Waals surface area contributed by atoms with E-state index in [1.807, 2.05) is 30.3 Å². The first-order valence-corrected chi connectivity index (χ1v) is 11.1. The van der Waals surface area contributed by atoms with Crippen LogP contribution in [0.4, 0.5) is 10.1 Å². The molecule has 1 N–H and O–H groups in total. The number of carbonyl (C=O) groups is 1. The third-order valence-corrected chi connectivity index (χ3v) is 6.94. The average Bonchev–Trinajstić information content (AvgIpc) is 3.33. The van der Waals surface area contributed by atoms with Crippen LogP contribution in [0.25, 0.3) is 0 Å². The van der Waals surface area contributed by atoms with Gasteiger partial charge in [-0.1, -0.05) is 39.7 Å². The van der Waals surface area contributed by atoms with Crippen LogP contribution in [0, 0.1) is 5.82 Å². The molecule has 1 atom stereocenters. The predicted molar refractivity (Wildman–Crippen MR) is 122 cm³/mol. The number of nitrogens with zero attached hydrogens (tertiary/aromatic N) is 1. The average molecular weight is 502 g/mol. The monoisotopic (exact) mass is 500 g/mol. The molecule has 4 nitrogen and oxygen atoms in total. The summed E-state index contributed by atoms with van der Waals surface area (Å²) >= 11 is 10.2. The molecule has 0 spiro atoms. The highest BCUT2D eigenvalue weighted by atomic mass is 79.9. The van der Waals surface area contributed by atoms with Gasteiger partial charge in [0.05, 0.1) is 18.7 Å². The molecule has 2 aliphatic rings. The summed E-state index contributed by atoms with van der Waals surface area (Å²) in [6.45, 7) is 1.15. The summed E-state index contributed by atoms with van der Waals surface area (Å²) in [7, 11) is 1.61. The van der Waals surface area contributed by atoms with Crippen molar-refractivity contribution in [1.29, 1.82) is 0 Å². The zero-order valence-electron chi connectivity index (χ0n) is 16.7. The largest absolute Gasteiger partial charge is 0.497 e. The van der Waals surface area contributed by atoms with Gasteiger partial charge in [0, 0.05) is 39.4 Å². The molecule has 0 radical (unpaired) electrons. The van der Waals surface area contributed by atoms with E-state index in [1.165, 1.54) is 12.1 Å². The number of rotatable bonds is 4. The molecule has 5 rings (SSSR count). The molecule has 0 saturated heterocycles. The van der Waals surface area contributed by atoms with Crippen LogP contribution in [0.3, 0.4) is 0 Å². The zero-order chi connectivity index (χ0) is 21.7. The third kappa shape index (κ3) is 3.38. The fraction of sp³-hybridized carbons (Fsp3) is 0.208.